The molecule has 2 rings (SSSR count). The third-order valence-corrected chi connectivity index (χ3v) is 4.01. The maximum Gasteiger partial charge on any atom is 0.404 e. The topological polar surface area (TPSA) is 29.1 Å². The molecule has 0 fully saturated rings. The van der Waals surface area contributed by atoms with Gasteiger partial charge >= 0.3 is 6.18 Å². The quantitative estimate of drug-likeness (QED) is 0.752. The molecule has 1 aromatic carbocycles. The number of amides is 1. The Morgan fingerprint density at radius 1 is 1.35 bits per heavy atom. The lowest BCUT2D eigenvalue weighted by Gasteiger charge is -2.28. The lowest BCUT2D eigenvalue weighted by atomic mass is 9.86. The van der Waals surface area contributed by atoms with Crippen molar-refractivity contribution in [2.75, 3.05) is 5.32 Å². The molecule has 1 aromatic rings. The minimum Gasteiger partial charge on any atom is -0.325 e. The minimum atomic E-state index is -4.52. The summed E-state index contributed by atoms with van der Waals surface area (Å²) < 4.78 is 37.7. The second-order valence-corrected chi connectivity index (χ2v) is 5.92. The van der Waals surface area contributed by atoms with Crippen LogP contribution in [0.1, 0.15) is 24.3 Å². The summed E-state index contributed by atoms with van der Waals surface area (Å²) >= 11 is 17.2. The number of benzene rings is 1. The zero-order valence-electron chi connectivity index (χ0n) is 9.90. The molecule has 2 atom stereocenters. The summed E-state index contributed by atoms with van der Waals surface area (Å²) in [6, 6.07) is 2.93. The molecule has 0 aromatic heterocycles. The van der Waals surface area contributed by atoms with Crippen LogP contribution in [0.5, 0.6) is 0 Å². The van der Waals surface area contributed by atoms with Crippen LogP contribution in [0.2, 0.25) is 10.0 Å². The third-order valence-electron chi connectivity index (χ3n) is 3.07. The predicted octanol–water partition coefficient (Wildman–Crippen LogP) is 4.98. The number of carbonyl (C=O) groups excluding carboxylic acids is 1. The summed E-state index contributed by atoms with van der Waals surface area (Å²) in [4.78, 5) is 11.6. The standard InChI is InChI=1S/C12H9Cl3F3NO/c13-6-3-7-5(1-9(15)12(16,17)18)2-10(20)19-11(7)8(14)4-6/h3-5,9H,1-2H2,(H,19,20). The van der Waals surface area contributed by atoms with Crippen molar-refractivity contribution < 1.29 is 18.0 Å². The summed E-state index contributed by atoms with van der Waals surface area (Å²) in [5, 5.41) is 1.02. The molecular formula is C12H9Cl3F3NO. The Labute approximate surface area is 128 Å². The van der Waals surface area contributed by atoms with Crippen molar-refractivity contribution in [1.29, 1.82) is 0 Å². The van der Waals surface area contributed by atoms with Crippen molar-refractivity contribution in [3.63, 3.8) is 0 Å². The second kappa shape index (κ2) is 5.62. The van der Waals surface area contributed by atoms with E-state index in [-0.39, 0.29) is 11.4 Å². The van der Waals surface area contributed by atoms with Gasteiger partial charge in [-0.05, 0) is 30.0 Å². The van der Waals surface area contributed by atoms with E-state index in [2.05, 4.69) is 5.32 Å². The zero-order chi connectivity index (χ0) is 15.1. The Kier molecular flexibility index (Phi) is 4.42. The third kappa shape index (κ3) is 3.32. The number of carbonyl (C=O) groups is 1. The normalized spacial score (nSPS) is 20.3. The summed E-state index contributed by atoms with van der Waals surface area (Å²) in [6.07, 6.45) is -5.00. The van der Waals surface area contributed by atoms with E-state index in [1.54, 1.807) is 0 Å². The minimum absolute atomic E-state index is 0.0804. The first-order valence-electron chi connectivity index (χ1n) is 5.68. The van der Waals surface area contributed by atoms with Gasteiger partial charge < -0.3 is 5.32 Å². The van der Waals surface area contributed by atoms with Crippen LogP contribution in [-0.2, 0) is 4.79 Å². The van der Waals surface area contributed by atoms with E-state index >= 15 is 0 Å². The number of rotatable bonds is 2. The largest absolute Gasteiger partial charge is 0.404 e. The molecule has 0 aliphatic carbocycles. The van der Waals surface area contributed by atoms with Crippen LogP contribution >= 0.6 is 34.8 Å². The molecule has 1 amide bonds. The fourth-order valence-electron chi connectivity index (χ4n) is 2.17. The van der Waals surface area contributed by atoms with Crippen molar-refractivity contribution >= 4 is 46.4 Å². The first-order valence-corrected chi connectivity index (χ1v) is 6.87. The highest BCUT2D eigenvalue weighted by Gasteiger charge is 2.41. The molecule has 1 heterocycles. The van der Waals surface area contributed by atoms with Gasteiger partial charge in [0, 0.05) is 11.4 Å². The van der Waals surface area contributed by atoms with Gasteiger partial charge in [-0.1, -0.05) is 23.2 Å². The van der Waals surface area contributed by atoms with Crippen molar-refractivity contribution in [3.8, 4) is 0 Å². The van der Waals surface area contributed by atoms with E-state index < -0.39 is 29.8 Å². The van der Waals surface area contributed by atoms with Gasteiger partial charge in [0.2, 0.25) is 5.91 Å². The highest BCUT2D eigenvalue weighted by Crippen LogP contribution is 2.43. The van der Waals surface area contributed by atoms with Gasteiger partial charge in [-0.25, -0.2) is 0 Å². The van der Waals surface area contributed by atoms with Crippen LogP contribution in [0.3, 0.4) is 0 Å². The van der Waals surface area contributed by atoms with Gasteiger partial charge in [0.15, 0.2) is 0 Å². The summed E-state index contributed by atoms with van der Waals surface area (Å²) in [5.74, 6) is -1.06. The maximum absolute atomic E-state index is 12.6. The van der Waals surface area contributed by atoms with E-state index in [0.29, 0.717) is 16.3 Å². The fraction of sp³-hybridized carbons (Fsp3) is 0.417. The van der Waals surface area contributed by atoms with Gasteiger partial charge in [0.05, 0.1) is 10.7 Å². The number of fused-ring (bicyclic) bond motifs is 1. The van der Waals surface area contributed by atoms with Gasteiger partial charge in [-0.2, -0.15) is 13.2 Å². The average molecular weight is 347 g/mol. The highest BCUT2D eigenvalue weighted by atomic mass is 35.5. The van der Waals surface area contributed by atoms with Crippen molar-refractivity contribution in [3.05, 3.63) is 27.7 Å². The molecule has 2 nitrogen and oxygen atoms in total. The molecule has 0 saturated heterocycles. The molecular weight excluding hydrogens is 337 g/mol. The SMILES string of the molecule is O=C1CC(CC(Cl)C(F)(F)F)c2cc(Cl)cc(Cl)c2N1. The Morgan fingerprint density at radius 2 is 2.00 bits per heavy atom. The van der Waals surface area contributed by atoms with Crippen LogP contribution in [0.15, 0.2) is 12.1 Å². The number of nitrogens with one attached hydrogen (secondary N) is 1. The van der Waals surface area contributed by atoms with E-state index in [4.69, 9.17) is 34.8 Å². The summed E-state index contributed by atoms with van der Waals surface area (Å²) in [7, 11) is 0. The number of alkyl halides is 4. The molecule has 0 radical (unpaired) electrons. The molecule has 1 aliphatic rings. The molecule has 0 bridgehead atoms. The van der Waals surface area contributed by atoms with Crippen LogP contribution in [0.4, 0.5) is 18.9 Å². The van der Waals surface area contributed by atoms with Gasteiger partial charge in [0.1, 0.15) is 5.38 Å². The molecule has 1 N–H and O–H groups in total. The Hall–Kier alpha value is -0.650. The lowest BCUT2D eigenvalue weighted by molar-refractivity contribution is -0.133. The number of halogens is 6. The van der Waals surface area contributed by atoms with E-state index in [0.717, 1.165) is 0 Å². The van der Waals surface area contributed by atoms with Crippen molar-refractivity contribution in [2.24, 2.45) is 0 Å². The van der Waals surface area contributed by atoms with Crippen LogP contribution in [0.25, 0.3) is 0 Å². The monoisotopic (exact) mass is 345 g/mol. The van der Waals surface area contributed by atoms with Crippen LogP contribution in [-0.4, -0.2) is 17.5 Å². The lowest BCUT2D eigenvalue weighted by Crippen LogP contribution is -2.29. The van der Waals surface area contributed by atoms with E-state index in [9.17, 15) is 18.0 Å². The molecule has 2 unspecified atom stereocenters. The summed E-state index contributed by atoms with van der Waals surface area (Å²) in [5.41, 5.74) is 0.792. The molecule has 0 saturated carbocycles. The molecule has 0 spiro atoms. The maximum atomic E-state index is 12.6. The van der Waals surface area contributed by atoms with Gasteiger partial charge in [0.25, 0.3) is 0 Å². The first-order chi connectivity index (χ1) is 9.18. The predicted molar refractivity (Wildman–Crippen MR) is 72.8 cm³/mol. The van der Waals surface area contributed by atoms with Crippen LogP contribution in [0, 0.1) is 0 Å². The van der Waals surface area contributed by atoms with Crippen molar-refractivity contribution in [2.45, 2.75) is 30.3 Å². The second-order valence-electron chi connectivity index (χ2n) is 4.55. The zero-order valence-corrected chi connectivity index (χ0v) is 12.2. The Morgan fingerprint density at radius 3 is 2.60 bits per heavy atom. The van der Waals surface area contributed by atoms with Crippen LogP contribution < -0.4 is 5.32 Å². The van der Waals surface area contributed by atoms with Gasteiger partial charge in [-0.3, -0.25) is 4.79 Å². The number of hydrogen-bond donors (Lipinski definition) is 1. The molecule has 1 aliphatic heterocycles. The Bertz CT molecular complexity index is 547. The average Bonchev–Trinajstić information content (AvgIpc) is 2.29. The molecule has 8 heteroatoms. The van der Waals surface area contributed by atoms with Crippen molar-refractivity contribution in [1.82, 2.24) is 0 Å². The van der Waals surface area contributed by atoms with E-state index in [1.165, 1.54) is 12.1 Å². The van der Waals surface area contributed by atoms with E-state index in [1.807, 2.05) is 0 Å². The number of anilines is 1. The summed E-state index contributed by atoms with van der Waals surface area (Å²) in [6.45, 7) is 0. The van der Waals surface area contributed by atoms with Gasteiger partial charge in [-0.15, -0.1) is 11.6 Å². The smallest absolute Gasteiger partial charge is 0.325 e. The fourth-order valence-corrected chi connectivity index (χ4v) is 2.94. The first kappa shape index (κ1) is 15.7. The molecule has 110 valence electrons. The number of hydrogen-bond acceptors (Lipinski definition) is 1. The highest BCUT2D eigenvalue weighted by molar-refractivity contribution is 6.37. The Balaban J connectivity index is 2.35. The molecule has 20 heavy (non-hydrogen) atoms.